The Morgan fingerprint density at radius 2 is 1.87 bits per heavy atom. The average molecular weight is 567 g/mol. The lowest BCUT2D eigenvalue weighted by atomic mass is 9.99. The van der Waals surface area contributed by atoms with Crippen LogP contribution in [-0.4, -0.2) is 79.6 Å². The summed E-state index contributed by atoms with van der Waals surface area (Å²) in [5.41, 5.74) is 0.473. The van der Waals surface area contributed by atoms with Crippen molar-refractivity contribution in [2.45, 2.75) is 50.8 Å². The van der Waals surface area contributed by atoms with E-state index < -0.39 is 28.2 Å². The van der Waals surface area contributed by atoms with Crippen molar-refractivity contribution in [2.75, 3.05) is 32.1 Å². The third-order valence-corrected chi connectivity index (χ3v) is 8.41. The van der Waals surface area contributed by atoms with E-state index in [2.05, 4.69) is 10.6 Å². The third kappa shape index (κ3) is 6.76. The van der Waals surface area contributed by atoms with Crippen molar-refractivity contribution in [2.24, 2.45) is 5.92 Å². The van der Waals surface area contributed by atoms with Gasteiger partial charge in [0.1, 0.15) is 6.10 Å². The molecule has 1 aliphatic rings. The van der Waals surface area contributed by atoms with Crippen molar-refractivity contribution in [1.29, 1.82) is 0 Å². The number of likely N-dealkylation sites (N-methyl/N-ethyl adjacent to an activating group) is 1. The predicted molar refractivity (Wildman–Crippen MR) is 146 cm³/mol. The molecule has 0 saturated carbocycles. The summed E-state index contributed by atoms with van der Waals surface area (Å²) in [4.78, 5) is 27.7. The van der Waals surface area contributed by atoms with Crippen LogP contribution in [0.1, 0.15) is 38.1 Å². The van der Waals surface area contributed by atoms with Gasteiger partial charge in [-0.2, -0.15) is 4.31 Å². The molecule has 0 spiro atoms. The summed E-state index contributed by atoms with van der Waals surface area (Å²) in [5.74, 6) is -0.552. The first kappa shape index (κ1) is 29.7. The number of halogens is 1. The highest BCUT2D eigenvalue weighted by molar-refractivity contribution is 7.89. The summed E-state index contributed by atoms with van der Waals surface area (Å²) in [6, 6.07) is 9.63. The van der Waals surface area contributed by atoms with Crippen molar-refractivity contribution in [3.8, 4) is 5.75 Å². The van der Waals surface area contributed by atoms with Gasteiger partial charge in [-0.05, 0) is 57.2 Å². The van der Waals surface area contributed by atoms with E-state index in [1.807, 2.05) is 20.8 Å². The average Bonchev–Trinajstić information content (AvgIpc) is 2.85. The largest absolute Gasteiger partial charge is 0.486 e. The molecule has 2 aromatic carbocycles. The predicted octanol–water partition coefficient (Wildman–Crippen LogP) is 3.41. The minimum atomic E-state index is -3.87. The molecule has 3 amide bonds. The van der Waals surface area contributed by atoms with E-state index in [1.165, 1.54) is 35.6 Å². The van der Waals surface area contributed by atoms with Crippen molar-refractivity contribution in [1.82, 2.24) is 14.5 Å². The van der Waals surface area contributed by atoms with E-state index in [9.17, 15) is 23.1 Å². The Hall–Kier alpha value is -2.86. The summed E-state index contributed by atoms with van der Waals surface area (Å²) >= 11 is 5.93. The monoisotopic (exact) mass is 566 g/mol. The van der Waals surface area contributed by atoms with Crippen molar-refractivity contribution in [3.63, 3.8) is 0 Å². The fraction of sp³-hybridized carbons (Fsp3) is 0.462. The van der Waals surface area contributed by atoms with Crippen LogP contribution in [0.25, 0.3) is 0 Å². The molecular formula is C26H35ClN4O6S. The fourth-order valence-corrected chi connectivity index (χ4v) is 5.43. The Bertz CT molecular complexity index is 1250. The van der Waals surface area contributed by atoms with Crippen LogP contribution in [0.5, 0.6) is 5.75 Å². The summed E-state index contributed by atoms with van der Waals surface area (Å²) in [6.07, 6.45) is -0.696. The molecule has 0 unspecified atom stereocenters. The number of rotatable bonds is 8. The van der Waals surface area contributed by atoms with Crippen LogP contribution in [0, 0.1) is 5.92 Å². The highest BCUT2D eigenvalue weighted by atomic mass is 35.5. The van der Waals surface area contributed by atoms with Gasteiger partial charge in [0.25, 0.3) is 5.91 Å². The number of fused-ring (bicyclic) bond motifs is 1. The lowest BCUT2D eigenvalue weighted by molar-refractivity contribution is 0.0389. The molecule has 1 aliphatic heterocycles. The lowest BCUT2D eigenvalue weighted by Gasteiger charge is -2.38. The number of nitrogens with zero attached hydrogens (tertiary/aromatic N) is 2. The SMILES string of the molecule is CC(C)NC(=O)Nc1cccc2c1O[C@H](CN(C)S(=O)(=O)c1ccc(Cl)cc1)[C@@H](C)CN([C@H](C)CO)C2=O. The molecule has 208 valence electrons. The Labute approximate surface area is 229 Å². The van der Waals surface area contributed by atoms with Gasteiger partial charge in [-0.15, -0.1) is 0 Å². The van der Waals surface area contributed by atoms with Gasteiger partial charge in [0.2, 0.25) is 10.0 Å². The van der Waals surface area contributed by atoms with E-state index in [0.717, 1.165) is 0 Å². The second-order valence-corrected chi connectivity index (χ2v) is 12.3. The first-order valence-corrected chi connectivity index (χ1v) is 14.2. The molecule has 3 rings (SSSR count). The number of carbonyl (C=O) groups is 2. The third-order valence-electron chi connectivity index (χ3n) is 6.32. The number of hydrogen-bond donors (Lipinski definition) is 3. The molecule has 10 nitrogen and oxygen atoms in total. The highest BCUT2D eigenvalue weighted by Crippen LogP contribution is 2.35. The molecule has 2 aromatic rings. The molecular weight excluding hydrogens is 532 g/mol. The molecule has 0 radical (unpaired) electrons. The van der Waals surface area contributed by atoms with Crippen LogP contribution < -0.4 is 15.4 Å². The van der Waals surface area contributed by atoms with Crippen LogP contribution in [-0.2, 0) is 10.0 Å². The van der Waals surface area contributed by atoms with Gasteiger partial charge < -0.3 is 25.4 Å². The van der Waals surface area contributed by atoms with Crippen molar-refractivity contribution in [3.05, 3.63) is 53.1 Å². The molecule has 12 heteroatoms. The first-order chi connectivity index (χ1) is 17.8. The number of nitrogens with one attached hydrogen (secondary N) is 2. The minimum absolute atomic E-state index is 0.0341. The topological polar surface area (TPSA) is 128 Å². The van der Waals surface area contributed by atoms with Gasteiger partial charge in [-0.1, -0.05) is 24.6 Å². The molecule has 0 aliphatic carbocycles. The van der Waals surface area contributed by atoms with Crippen LogP contribution in [0.3, 0.4) is 0 Å². The number of carbonyl (C=O) groups excluding carboxylic acids is 2. The number of ether oxygens (including phenoxy) is 1. The van der Waals surface area contributed by atoms with Gasteiger partial charge in [0.15, 0.2) is 5.75 Å². The zero-order chi connectivity index (χ0) is 28.2. The highest BCUT2D eigenvalue weighted by Gasteiger charge is 2.36. The molecule has 0 saturated heterocycles. The summed E-state index contributed by atoms with van der Waals surface area (Å²) in [7, 11) is -2.41. The number of aliphatic hydroxyl groups excluding tert-OH is 1. The number of hydrogen-bond acceptors (Lipinski definition) is 6. The summed E-state index contributed by atoms with van der Waals surface area (Å²) in [6.45, 7) is 7.16. The number of sulfonamides is 1. The quantitative estimate of drug-likeness (QED) is 0.449. The first-order valence-electron chi connectivity index (χ1n) is 12.4. The Kier molecular flexibility index (Phi) is 9.64. The van der Waals surface area contributed by atoms with Gasteiger partial charge in [0.05, 0.1) is 35.3 Å². The normalized spacial score (nSPS) is 18.9. The van der Waals surface area contributed by atoms with Crippen LogP contribution in [0.15, 0.2) is 47.4 Å². The maximum absolute atomic E-state index is 13.5. The van der Waals surface area contributed by atoms with Gasteiger partial charge in [-0.3, -0.25) is 4.79 Å². The molecule has 0 fully saturated rings. The molecule has 0 bridgehead atoms. The van der Waals surface area contributed by atoms with Crippen LogP contribution >= 0.6 is 11.6 Å². The Morgan fingerprint density at radius 3 is 2.47 bits per heavy atom. The lowest BCUT2D eigenvalue weighted by Crippen LogP contribution is -2.50. The van der Waals surface area contributed by atoms with E-state index in [4.69, 9.17) is 16.3 Å². The van der Waals surface area contributed by atoms with Crippen molar-refractivity contribution < 1.29 is 27.9 Å². The van der Waals surface area contributed by atoms with Crippen LogP contribution in [0.2, 0.25) is 5.02 Å². The molecule has 1 heterocycles. The fourth-order valence-electron chi connectivity index (χ4n) is 4.12. The maximum atomic E-state index is 13.5. The number of para-hydroxylation sites is 1. The van der Waals surface area contributed by atoms with E-state index in [-0.39, 0.29) is 59.5 Å². The number of aliphatic hydroxyl groups is 1. The Balaban J connectivity index is 2.02. The maximum Gasteiger partial charge on any atom is 0.319 e. The van der Waals surface area contributed by atoms with E-state index in [0.29, 0.717) is 5.02 Å². The number of amides is 3. The Morgan fingerprint density at radius 1 is 1.21 bits per heavy atom. The second kappa shape index (κ2) is 12.3. The van der Waals surface area contributed by atoms with Crippen molar-refractivity contribution >= 4 is 39.2 Å². The van der Waals surface area contributed by atoms with Gasteiger partial charge in [-0.25, -0.2) is 13.2 Å². The van der Waals surface area contributed by atoms with E-state index in [1.54, 1.807) is 30.0 Å². The van der Waals surface area contributed by atoms with Crippen LogP contribution in [0.4, 0.5) is 10.5 Å². The van der Waals surface area contributed by atoms with Gasteiger partial charge >= 0.3 is 6.03 Å². The molecule has 3 atom stereocenters. The summed E-state index contributed by atoms with van der Waals surface area (Å²) in [5, 5.41) is 15.7. The van der Waals surface area contributed by atoms with E-state index >= 15 is 0 Å². The number of anilines is 1. The molecule has 38 heavy (non-hydrogen) atoms. The summed E-state index contributed by atoms with van der Waals surface area (Å²) < 4.78 is 34.1. The standard InChI is InChI=1S/C26H35ClN4O6S/c1-16(2)28-26(34)29-22-8-6-7-21-24(22)37-23(17(3)13-31(25(21)33)18(4)15-32)14-30(5)38(35,36)20-11-9-19(27)10-12-20/h6-12,16-18,23,32H,13-15H2,1-5H3,(H2,28,29,34)/t17-,18+,23+/m0/s1. The number of benzene rings is 2. The second-order valence-electron chi connectivity index (χ2n) is 9.80. The zero-order valence-electron chi connectivity index (χ0n) is 22.1. The molecule has 0 aromatic heterocycles. The zero-order valence-corrected chi connectivity index (χ0v) is 23.7. The smallest absolute Gasteiger partial charge is 0.319 e. The number of urea groups is 1. The van der Waals surface area contributed by atoms with Gasteiger partial charge in [0, 0.05) is 30.6 Å². The minimum Gasteiger partial charge on any atom is -0.486 e. The molecule has 3 N–H and O–H groups in total.